The molecular weight excluding hydrogens is 275 g/mol. The van der Waals surface area contributed by atoms with Crippen molar-refractivity contribution in [2.24, 2.45) is 0 Å². The van der Waals surface area contributed by atoms with E-state index in [0.717, 1.165) is 12.0 Å². The van der Waals surface area contributed by atoms with Gasteiger partial charge < -0.3 is 5.11 Å². The quantitative estimate of drug-likeness (QED) is 0.880. The zero-order valence-electron chi connectivity index (χ0n) is 11.7. The van der Waals surface area contributed by atoms with E-state index in [1.807, 2.05) is 24.3 Å². The molecule has 3 heteroatoms. The second-order valence-corrected chi connectivity index (χ2v) is 5.62. The first-order valence-electron chi connectivity index (χ1n) is 6.68. The van der Waals surface area contributed by atoms with Crippen molar-refractivity contribution in [3.63, 3.8) is 0 Å². The van der Waals surface area contributed by atoms with Gasteiger partial charge in [-0.25, -0.2) is 4.39 Å². The van der Waals surface area contributed by atoms with Gasteiger partial charge in [-0.2, -0.15) is 0 Å². The van der Waals surface area contributed by atoms with Crippen LogP contribution in [0.5, 0.6) is 0 Å². The van der Waals surface area contributed by atoms with Crippen molar-refractivity contribution in [2.45, 2.75) is 32.3 Å². The molecule has 0 aliphatic carbocycles. The van der Waals surface area contributed by atoms with Crippen LogP contribution in [0.15, 0.2) is 42.5 Å². The number of rotatable bonds is 4. The third-order valence-corrected chi connectivity index (χ3v) is 3.84. The Hall–Kier alpha value is -1.38. The Morgan fingerprint density at radius 1 is 1.15 bits per heavy atom. The van der Waals surface area contributed by atoms with Crippen molar-refractivity contribution in [1.82, 2.24) is 0 Å². The molecule has 0 aromatic heterocycles. The Morgan fingerprint density at radius 2 is 1.80 bits per heavy atom. The van der Waals surface area contributed by atoms with Gasteiger partial charge in [0.1, 0.15) is 5.82 Å². The molecule has 1 atom stereocenters. The fraction of sp³-hybridized carbons (Fsp3) is 0.294. The SMILES string of the molecule is CCc1ccc(C(C)(O)Cc2cccc(Cl)c2F)cc1. The molecular formula is C17H18ClFO. The van der Waals surface area contributed by atoms with E-state index in [9.17, 15) is 9.50 Å². The van der Waals surface area contributed by atoms with Gasteiger partial charge in [-0.05, 0) is 36.1 Å². The smallest absolute Gasteiger partial charge is 0.145 e. The van der Waals surface area contributed by atoms with Crippen LogP contribution in [-0.4, -0.2) is 5.11 Å². The lowest BCUT2D eigenvalue weighted by Gasteiger charge is -2.24. The number of benzene rings is 2. The standard InChI is InChI=1S/C17H18ClFO/c1-3-12-7-9-14(10-8-12)17(2,20)11-13-5-4-6-15(18)16(13)19/h4-10,20H,3,11H2,1-2H3. The summed E-state index contributed by atoms with van der Waals surface area (Å²) in [6, 6.07) is 12.6. The van der Waals surface area contributed by atoms with Gasteiger partial charge in [0.25, 0.3) is 0 Å². The van der Waals surface area contributed by atoms with Gasteiger partial charge in [0.05, 0.1) is 10.6 Å². The third-order valence-electron chi connectivity index (χ3n) is 3.55. The average Bonchev–Trinajstić information content (AvgIpc) is 2.44. The second kappa shape index (κ2) is 5.94. The summed E-state index contributed by atoms with van der Waals surface area (Å²) in [6.45, 7) is 3.77. The van der Waals surface area contributed by atoms with Crippen LogP contribution in [-0.2, 0) is 18.4 Å². The summed E-state index contributed by atoms with van der Waals surface area (Å²) in [5.41, 5.74) is 1.27. The summed E-state index contributed by atoms with van der Waals surface area (Å²) in [7, 11) is 0. The monoisotopic (exact) mass is 292 g/mol. The fourth-order valence-electron chi connectivity index (χ4n) is 2.26. The van der Waals surface area contributed by atoms with Crippen LogP contribution in [0.2, 0.25) is 5.02 Å². The van der Waals surface area contributed by atoms with Gasteiger partial charge in [-0.1, -0.05) is 54.9 Å². The first kappa shape index (κ1) is 15.0. The van der Waals surface area contributed by atoms with Gasteiger partial charge in [0, 0.05) is 6.42 Å². The van der Waals surface area contributed by atoms with Crippen LogP contribution in [0.1, 0.15) is 30.5 Å². The predicted octanol–water partition coefficient (Wildman–Crippen LogP) is 4.49. The topological polar surface area (TPSA) is 20.2 Å². The van der Waals surface area contributed by atoms with Crippen LogP contribution in [0.3, 0.4) is 0 Å². The van der Waals surface area contributed by atoms with Crippen molar-refractivity contribution < 1.29 is 9.50 Å². The van der Waals surface area contributed by atoms with E-state index in [2.05, 4.69) is 6.92 Å². The van der Waals surface area contributed by atoms with Crippen LogP contribution >= 0.6 is 11.6 Å². The number of aliphatic hydroxyl groups is 1. The molecule has 1 unspecified atom stereocenters. The minimum Gasteiger partial charge on any atom is -0.385 e. The molecule has 0 radical (unpaired) electrons. The molecule has 2 aromatic rings. The predicted molar refractivity (Wildman–Crippen MR) is 80.5 cm³/mol. The number of halogens is 2. The summed E-state index contributed by atoms with van der Waals surface area (Å²) in [5, 5.41) is 10.7. The van der Waals surface area contributed by atoms with Gasteiger partial charge in [-0.3, -0.25) is 0 Å². The molecule has 2 rings (SSSR count). The van der Waals surface area contributed by atoms with Gasteiger partial charge >= 0.3 is 0 Å². The molecule has 0 amide bonds. The molecule has 106 valence electrons. The van der Waals surface area contributed by atoms with Crippen LogP contribution < -0.4 is 0 Å². The molecule has 0 spiro atoms. The van der Waals surface area contributed by atoms with Crippen LogP contribution in [0.4, 0.5) is 4.39 Å². The van der Waals surface area contributed by atoms with E-state index >= 15 is 0 Å². The Bertz CT molecular complexity index is 590. The molecule has 2 aromatic carbocycles. The van der Waals surface area contributed by atoms with E-state index < -0.39 is 11.4 Å². The Labute approximate surface area is 124 Å². The maximum atomic E-state index is 13.9. The average molecular weight is 293 g/mol. The minimum atomic E-state index is -1.13. The molecule has 0 saturated carbocycles. The maximum Gasteiger partial charge on any atom is 0.145 e. The molecule has 0 saturated heterocycles. The van der Waals surface area contributed by atoms with Gasteiger partial charge in [0.2, 0.25) is 0 Å². The molecule has 0 aliphatic rings. The maximum absolute atomic E-state index is 13.9. The zero-order valence-corrected chi connectivity index (χ0v) is 12.4. The van der Waals surface area contributed by atoms with Gasteiger partial charge in [-0.15, -0.1) is 0 Å². The first-order valence-corrected chi connectivity index (χ1v) is 7.06. The summed E-state index contributed by atoms with van der Waals surface area (Å²) < 4.78 is 13.9. The largest absolute Gasteiger partial charge is 0.385 e. The molecule has 0 bridgehead atoms. The lowest BCUT2D eigenvalue weighted by molar-refractivity contribution is 0.0567. The highest BCUT2D eigenvalue weighted by atomic mass is 35.5. The van der Waals surface area contributed by atoms with Crippen molar-refractivity contribution in [2.75, 3.05) is 0 Å². The van der Waals surface area contributed by atoms with E-state index in [4.69, 9.17) is 11.6 Å². The highest BCUT2D eigenvalue weighted by molar-refractivity contribution is 6.30. The fourth-order valence-corrected chi connectivity index (χ4v) is 2.45. The lowest BCUT2D eigenvalue weighted by atomic mass is 9.88. The van der Waals surface area contributed by atoms with Crippen molar-refractivity contribution in [1.29, 1.82) is 0 Å². The lowest BCUT2D eigenvalue weighted by Crippen LogP contribution is -2.24. The number of hydrogen-bond donors (Lipinski definition) is 1. The van der Waals surface area contributed by atoms with E-state index in [0.29, 0.717) is 5.56 Å². The normalized spacial score (nSPS) is 14.1. The molecule has 1 nitrogen and oxygen atoms in total. The Morgan fingerprint density at radius 3 is 2.40 bits per heavy atom. The molecule has 0 aliphatic heterocycles. The van der Waals surface area contributed by atoms with Crippen LogP contribution in [0, 0.1) is 5.82 Å². The molecule has 0 heterocycles. The highest BCUT2D eigenvalue weighted by Crippen LogP contribution is 2.28. The van der Waals surface area contributed by atoms with Crippen molar-refractivity contribution in [3.05, 3.63) is 70.0 Å². The first-order chi connectivity index (χ1) is 9.44. The van der Waals surface area contributed by atoms with Crippen molar-refractivity contribution in [3.8, 4) is 0 Å². The van der Waals surface area contributed by atoms with Crippen LogP contribution in [0.25, 0.3) is 0 Å². The summed E-state index contributed by atoms with van der Waals surface area (Å²) in [6.07, 6.45) is 1.14. The summed E-state index contributed by atoms with van der Waals surface area (Å²) >= 11 is 5.77. The van der Waals surface area contributed by atoms with E-state index in [-0.39, 0.29) is 11.4 Å². The van der Waals surface area contributed by atoms with E-state index in [1.54, 1.807) is 19.1 Å². The number of aryl methyl sites for hydroxylation is 1. The molecule has 20 heavy (non-hydrogen) atoms. The molecule has 0 fully saturated rings. The van der Waals surface area contributed by atoms with Crippen molar-refractivity contribution >= 4 is 11.6 Å². The Balaban J connectivity index is 2.27. The Kier molecular flexibility index (Phi) is 4.46. The zero-order chi connectivity index (χ0) is 14.8. The summed E-state index contributed by atoms with van der Waals surface area (Å²) in [5.74, 6) is -0.459. The summed E-state index contributed by atoms with van der Waals surface area (Å²) in [4.78, 5) is 0. The third kappa shape index (κ3) is 3.20. The minimum absolute atomic E-state index is 0.0830. The van der Waals surface area contributed by atoms with Gasteiger partial charge in [0.15, 0.2) is 0 Å². The van der Waals surface area contributed by atoms with E-state index in [1.165, 1.54) is 11.6 Å². The number of hydrogen-bond acceptors (Lipinski definition) is 1. The second-order valence-electron chi connectivity index (χ2n) is 5.21. The molecule has 1 N–H and O–H groups in total. The highest BCUT2D eigenvalue weighted by Gasteiger charge is 2.25.